The van der Waals surface area contributed by atoms with Crippen LogP contribution in [0.1, 0.15) is 11.3 Å². The number of hydrogen-bond donors (Lipinski definition) is 1. The van der Waals surface area contributed by atoms with Crippen molar-refractivity contribution in [1.82, 2.24) is 14.4 Å². The molecule has 4 heteroatoms. The number of nitrogens with zero attached hydrogens (tertiary/aromatic N) is 2. The number of hydrogen-bond acceptors (Lipinski definition) is 2. The summed E-state index contributed by atoms with van der Waals surface area (Å²) in [5.41, 5.74) is 1.48. The maximum atomic E-state index is 11.5. The van der Waals surface area contributed by atoms with Gasteiger partial charge < -0.3 is 4.98 Å². The number of rotatable bonds is 0. The number of fused-ring (bicyclic) bond motifs is 1. The molecular weight excluding hydrogens is 154 g/mol. The second-order valence-electron chi connectivity index (χ2n) is 2.78. The van der Waals surface area contributed by atoms with Crippen molar-refractivity contribution in [2.45, 2.75) is 13.8 Å². The van der Waals surface area contributed by atoms with Gasteiger partial charge in [-0.3, -0.25) is 9.20 Å². The Morgan fingerprint density at radius 1 is 1.50 bits per heavy atom. The van der Waals surface area contributed by atoms with E-state index in [0.29, 0.717) is 11.3 Å². The van der Waals surface area contributed by atoms with Gasteiger partial charge in [0.1, 0.15) is 0 Å². The minimum absolute atomic E-state index is 0.00116. The molecule has 2 rings (SSSR count). The Bertz CT molecular complexity index is 480. The van der Waals surface area contributed by atoms with E-state index in [4.69, 9.17) is 0 Å². The van der Waals surface area contributed by atoms with Crippen molar-refractivity contribution in [3.05, 3.63) is 34.0 Å². The van der Waals surface area contributed by atoms with Crippen LogP contribution in [0, 0.1) is 13.8 Å². The summed E-state index contributed by atoms with van der Waals surface area (Å²) in [7, 11) is 0. The van der Waals surface area contributed by atoms with Crippen molar-refractivity contribution >= 4 is 5.78 Å². The highest BCUT2D eigenvalue weighted by atomic mass is 16.1. The minimum Gasteiger partial charge on any atom is -0.330 e. The van der Waals surface area contributed by atoms with Gasteiger partial charge in [0.25, 0.3) is 5.56 Å². The van der Waals surface area contributed by atoms with Crippen LogP contribution < -0.4 is 5.56 Å². The SMILES string of the molecule is Cc1nc2[nH]ccn2c(=O)c1C. The lowest BCUT2D eigenvalue weighted by Crippen LogP contribution is -2.17. The highest BCUT2D eigenvalue weighted by molar-refractivity contribution is 5.31. The van der Waals surface area contributed by atoms with Gasteiger partial charge in [-0.2, -0.15) is 0 Å². The molecule has 0 aromatic carbocycles. The van der Waals surface area contributed by atoms with E-state index in [1.165, 1.54) is 4.40 Å². The first-order valence-electron chi connectivity index (χ1n) is 3.73. The molecule has 4 nitrogen and oxygen atoms in total. The molecule has 0 saturated heterocycles. The summed E-state index contributed by atoms with van der Waals surface area (Å²) >= 11 is 0. The molecule has 1 N–H and O–H groups in total. The fourth-order valence-corrected chi connectivity index (χ4v) is 1.15. The second kappa shape index (κ2) is 2.20. The Morgan fingerprint density at radius 3 is 3.00 bits per heavy atom. The van der Waals surface area contributed by atoms with E-state index in [0.717, 1.165) is 5.69 Å². The molecule has 0 saturated carbocycles. The van der Waals surface area contributed by atoms with Crippen LogP contribution in [0.4, 0.5) is 0 Å². The van der Waals surface area contributed by atoms with Gasteiger partial charge in [-0.25, -0.2) is 4.98 Å². The lowest BCUT2D eigenvalue weighted by molar-refractivity contribution is 0.988. The van der Waals surface area contributed by atoms with Crippen molar-refractivity contribution in [3.63, 3.8) is 0 Å². The van der Waals surface area contributed by atoms with Gasteiger partial charge in [-0.15, -0.1) is 0 Å². The molecule has 0 aliphatic carbocycles. The zero-order chi connectivity index (χ0) is 8.72. The van der Waals surface area contributed by atoms with Gasteiger partial charge in [0.05, 0.1) is 0 Å². The summed E-state index contributed by atoms with van der Waals surface area (Å²) in [5, 5.41) is 0. The predicted molar refractivity (Wildman–Crippen MR) is 45.3 cm³/mol. The van der Waals surface area contributed by atoms with E-state index in [1.807, 2.05) is 6.92 Å². The van der Waals surface area contributed by atoms with Crippen molar-refractivity contribution in [2.24, 2.45) is 0 Å². The smallest absolute Gasteiger partial charge is 0.262 e. The lowest BCUT2D eigenvalue weighted by atomic mass is 10.3. The van der Waals surface area contributed by atoms with E-state index in [2.05, 4.69) is 9.97 Å². The number of aromatic amines is 1. The summed E-state index contributed by atoms with van der Waals surface area (Å²) in [5.74, 6) is 0.600. The van der Waals surface area contributed by atoms with Crippen LogP contribution in [0.25, 0.3) is 5.78 Å². The molecule has 0 bridgehead atoms. The monoisotopic (exact) mass is 163 g/mol. The Labute approximate surface area is 68.9 Å². The van der Waals surface area contributed by atoms with E-state index in [-0.39, 0.29) is 5.56 Å². The number of imidazole rings is 1. The number of aromatic nitrogens is 3. The first-order chi connectivity index (χ1) is 5.70. The average Bonchev–Trinajstić information content (AvgIpc) is 2.48. The molecule has 0 amide bonds. The van der Waals surface area contributed by atoms with Crippen molar-refractivity contribution in [3.8, 4) is 0 Å². The third-order valence-electron chi connectivity index (χ3n) is 2.02. The molecular formula is C8H9N3O. The standard InChI is InChI=1S/C8H9N3O/c1-5-6(2)10-8-9-3-4-11(8)7(5)12/h3-4H,1-2H3,(H,9,10). The van der Waals surface area contributed by atoms with Gasteiger partial charge in [-0.05, 0) is 13.8 Å². The zero-order valence-electron chi connectivity index (χ0n) is 6.96. The van der Waals surface area contributed by atoms with Gasteiger partial charge in [-0.1, -0.05) is 0 Å². The normalized spacial score (nSPS) is 10.8. The van der Waals surface area contributed by atoms with Crippen molar-refractivity contribution in [1.29, 1.82) is 0 Å². The van der Waals surface area contributed by atoms with Gasteiger partial charge in [0, 0.05) is 23.7 Å². The van der Waals surface area contributed by atoms with Crippen LogP contribution in [-0.2, 0) is 0 Å². The Hall–Kier alpha value is -1.58. The minimum atomic E-state index is -0.00116. The molecule has 0 aliphatic heterocycles. The number of nitrogens with one attached hydrogen (secondary N) is 1. The molecule has 0 aliphatic rings. The number of aryl methyl sites for hydroxylation is 1. The lowest BCUT2D eigenvalue weighted by Gasteiger charge is -1.97. The maximum Gasteiger partial charge on any atom is 0.262 e. The van der Waals surface area contributed by atoms with Crippen LogP contribution in [0.5, 0.6) is 0 Å². The van der Waals surface area contributed by atoms with Crippen LogP contribution in [-0.4, -0.2) is 14.4 Å². The van der Waals surface area contributed by atoms with Crippen molar-refractivity contribution < 1.29 is 0 Å². The highest BCUT2D eigenvalue weighted by Crippen LogP contribution is 1.99. The third-order valence-corrected chi connectivity index (χ3v) is 2.02. The Kier molecular flexibility index (Phi) is 1.30. The molecule has 2 aromatic rings. The zero-order valence-corrected chi connectivity index (χ0v) is 6.96. The van der Waals surface area contributed by atoms with E-state index < -0.39 is 0 Å². The summed E-state index contributed by atoms with van der Waals surface area (Å²) in [6, 6.07) is 0. The highest BCUT2D eigenvalue weighted by Gasteiger charge is 2.04. The van der Waals surface area contributed by atoms with Crippen molar-refractivity contribution in [2.75, 3.05) is 0 Å². The Morgan fingerprint density at radius 2 is 2.25 bits per heavy atom. The molecule has 2 aromatic heterocycles. The fourth-order valence-electron chi connectivity index (χ4n) is 1.15. The summed E-state index contributed by atoms with van der Waals surface area (Å²) in [4.78, 5) is 18.6. The molecule has 0 radical (unpaired) electrons. The molecule has 0 fully saturated rings. The Balaban J connectivity index is 3.05. The van der Waals surface area contributed by atoms with E-state index in [1.54, 1.807) is 19.3 Å². The molecule has 12 heavy (non-hydrogen) atoms. The van der Waals surface area contributed by atoms with Gasteiger partial charge >= 0.3 is 0 Å². The summed E-state index contributed by atoms with van der Waals surface area (Å²) in [6.07, 6.45) is 3.37. The molecule has 0 unspecified atom stereocenters. The largest absolute Gasteiger partial charge is 0.330 e. The van der Waals surface area contributed by atoms with Gasteiger partial charge in [0.15, 0.2) is 0 Å². The first kappa shape index (κ1) is 7.09. The molecule has 62 valence electrons. The maximum absolute atomic E-state index is 11.5. The van der Waals surface area contributed by atoms with Crippen LogP contribution in [0.2, 0.25) is 0 Å². The topological polar surface area (TPSA) is 50.2 Å². The molecule has 0 atom stereocenters. The molecule has 0 spiro atoms. The van der Waals surface area contributed by atoms with Gasteiger partial charge in [0.2, 0.25) is 5.78 Å². The average molecular weight is 163 g/mol. The fraction of sp³-hybridized carbons (Fsp3) is 0.250. The quantitative estimate of drug-likeness (QED) is 0.619. The summed E-state index contributed by atoms with van der Waals surface area (Å²) < 4.78 is 1.50. The second-order valence-corrected chi connectivity index (χ2v) is 2.78. The van der Waals surface area contributed by atoms with Crippen LogP contribution >= 0.6 is 0 Å². The van der Waals surface area contributed by atoms with Crippen LogP contribution in [0.15, 0.2) is 17.2 Å². The predicted octanol–water partition coefficient (Wildman–Crippen LogP) is 0.639. The van der Waals surface area contributed by atoms with E-state index in [9.17, 15) is 4.79 Å². The number of H-pyrrole nitrogens is 1. The molecule has 2 heterocycles. The third kappa shape index (κ3) is 0.777. The van der Waals surface area contributed by atoms with Crippen LogP contribution in [0.3, 0.4) is 0 Å². The summed E-state index contributed by atoms with van der Waals surface area (Å²) in [6.45, 7) is 3.61. The first-order valence-corrected chi connectivity index (χ1v) is 3.73. The van der Waals surface area contributed by atoms with E-state index >= 15 is 0 Å².